The maximum Gasteiger partial charge on any atom is 0.166 e. The third-order valence-electron chi connectivity index (χ3n) is 10.1. The monoisotopic (exact) mass is 637 g/mol. The van der Waals surface area contributed by atoms with E-state index in [4.69, 9.17) is 15.0 Å². The summed E-state index contributed by atoms with van der Waals surface area (Å²) in [6.07, 6.45) is 0. The molecule has 5 heteroatoms. The Morgan fingerprint density at radius 1 is 0.340 bits per heavy atom. The highest BCUT2D eigenvalue weighted by Crippen LogP contribution is 2.44. The predicted octanol–water partition coefficient (Wildman–Crippen LogP) is 11.1. The molecular weight excluding hydrogens is 611 g/mol. The summed E-state index contributed by atoms with van der Waals surface area (Å²) in [5.74, 6) is 1.92. The Balaban J connectivity index is 1.27. The van der Waals surface area contributed by atoms with E-state index in [2.05, 4.69) is 112 Å². The smallest absolute Gasteiger partial charge is 0.166 e. The van der Waals surface area contributed by atoms with E-state index in [0.29, 0.717) is 17.5 Å². The van der Waals surface area contributed by atoms with Gasteiger partial charge in [-0.05, 0) is 41.8 Å². The number of para-hydroxylation sites is 3. The van der Waals surface area contributed by atoms with Gasteiger partial charge in [-0.1, -0.05) is 127 Å². The van der Waals surface area contributed by atoms with Gasteiger partial charge in [-0.2, -0.15) is 0 Å². The average molecular weight is 638 g/mol. The van der Waals surface area contributed by atoms with Gasteiger partial charge in [0.1, 0.15) is 0 Å². The van der Waals surface area contributed by atoms with Gasteiger partial charge in [0.2, 0.25) is 0 Å². The molecule has 0 bridgehead atoms. The first-order chi connectivity index (χ1) is 24.8. The zero-order chi connectivity index (χ0) is 32.8. The van der Waals surface area contributed by atoms with Crippen LogP contribution in [0.1, 0.15) is 0 Å². The van der Waals surface area contributed by atoms with Crippen molar-refractivity contribution >= 4 is 59.9 Å². The van der Waals surface area contributed by atoms with Crippen LogP contribution in [-0.2, 0) is 0 Å². The van der Waals surface area contributed by atoms with Crippen LogP contribution in [0.4, 0.5) is 0 Å². The van der Waals surface area contributed by atoms with Crippen molar-refractivity contribution in [1.82, 2.24) is 23.9 Å². The Hall–Kier alpha value is -6.85. The molecule has 0 aliphatic carbocycles. The lowest BCUT2D eigenvalue weighted by Gasteiger charge is -2.15. The van der Waals surface area contributed by atoms with E-state index in [1.54, 1.807) is 0 Å². The molecule has 0 unspecified atom stereocenters. The Morgan fingerprint density at radius 3 is 1.60 bits per heavy atom. The highest BCUT2D eigenvalue weighted by Gasteiger charge is 2.23. The number of hydrogen-bond donors (Lipinski definition) is 0. The standard InChI is InChI=1S/C45H27N5/c1-3-14-28(15-4-1)43-46-44(29-16-5-2-6-17-29)48-45(47-43)34-19-8-10-24-36(34)49-37-25-12-20-31-33-22-11-21-32-30-18-7-9-23-35(30)50(42(32)33)39-27-13-26-38(49)41(39)40(31)37/h1-27H. The van der Waals surface area contributed by atoms with Gasteiger partial charge in [-0.25, -0.2) is 15.0 Å². The molecule has 0 saturated carbocycles. The second-order valence-electron chi connectivity index (χ2n) is 12.8. The van der Waals surface area contributed by atoms with Crippen molar-refractivity contribution in [3.05, 3.63) is 164 Å². The molecule has 0 atom stereocenters. The summed E-state index contributed by atoms with van der Waals surface area (Å²) in [5.41, 5.74) is 9.78. The third-order valence-corrected chi connectivity index (χ3v) is 10.1. The van der Waals surface area contributed by atoms with Crippen molar-refractivity contribution in [2.45, 2.75) is 0 Å². The molecule has 5 nitrogen and oxygen atoms in total. The fourth-order valence-corrected chi connectivity index (χ4v) is 8.03. The Kier molecular flexibility index (Phi) is 5.60. The quantitative estimate of drug-likeness (QED) is 0.193. The minimum absolute atomic E-state index is 0.631. The molecule has 0 N–H and O–H groups in total. The summed E-state index contributed by atoms with van der Waals surface area (Å²) >= 11 is 0. The van der Waals surface area contributed by atoms with Crippen molar-refractivity contribution < 1.29 is 0 Å². The first kappa shape index (κ1) is 27.1. The zero-order valence-electron chi connectivity index (χ0n) is 26.8. The lowest BCUT2D eigenvalue weighted by molar-refractivity contribution is 1.06. The Labute approximate surface area is 286 Å². The molecule has 4 aromatic heterocycles. The summed E-state index contributed by atoms with van der Waals surface area (Å²) in [6, 6.07) is 57.7. The first-order valence-electron chi connectivity index (χ1n) is 16.9. The highest BCUT2D eigenvalue weighted by molar-refractivity contribution is 6.31. The SMILES string of the molecule is c1ccc(-c2nc(-c3ccccc3)nc(-c3ccccc3-n3c4cccc5c6cccc7c8ccccc8n(c8cccc3c8c54)c67)n2)cc1. The van der Waals surface area contributed by atoms with E-state index in [-0.39, 0.29) is 0 Å². The Bertz CT molecular complexity index is 3030. The highest BCUT2D eigenvalue weighted by atomic mass is 15.1. The molecular formula is C45H27N5. The molecule has 0 spiro atoms. The van der Waals surface area contributed by atoms with E-state index in [1.165, 1.54) is 48.9 Å². The van der Waals surface area contributed by atoms with Gasteiger partial charge in [0, 0.05) is 43.6 Å². The molecule has 0 aliphatic rings. The van der Waals surface area contributed by atoms with Crippen LogP contribution < -0.4 is 0 Å². The van der Waals surface area contributed by atoms with E-state index in [9.17, 15) is 0 Å². The number of aromatic nitrogens is 5. The number of rotatable bonds is 4. The maximum absolute atomic E-state index is 5.14. The first-order valence-corrected chi connectivity index (χ1v) is 16.9. The molecule has 0 aliphatic heterocycles. The van der Waals surface area contributed by atoms with Gasteiger partial charge in [0.25, 0.3) is 0 Å². The summed E-state index contributed by atoms with van der Waals surface area (Å²) in [7, 11) is 0. The third kappa shape index (κ3) is 3.74. The second kappa shape index (κ2) is 10.3. The number of fused-ring (bicyclic) bond motifs is 5. The summed E-state index contributed by atoms with van der Waals surface area (Å²) in [6.45, 7) is 0. The Morgan fingerprint density at radius 2 is 0.840 bits per heavy atom. The minimum atomic E-state index is 0.631. The molecule has 4 heterocycles. The topological polar surface area (TPSA) is 48.0 Å². The molecule has 232 valence electrons. The van der Waals surface area contributed by atoms with Crippen molar-refractivity contribution in [2.24, 2.45) is 0 Å². The van der Waals surface area contributed by atoms with E-state index >= 15 is 0 Å². The maximum atomic E-state index is 5.14. The molecule has 0 radical (unpaired) electrons. The van der Waals surface area contributed by atoms with E-state index < -0.39 is 0 Å². The van der Waals surface area contributed by atoms with Crippen LogP contribution in [0, 0.1) is 0 Å². The van der Waals surface area contributed by atoms with E-state index in [0.717, 1.165) is 33.4 Å². The number of hydrogen-bond acceptors (Lipinski definition) is 3. The van der Waals surface area contributed by atoms with Crippen LogP contribution in [0.25, 0.3) is 99.8 Å². The van der Waals surface area contributed by atoms with Crippen molar-refractivity contribution in [2.75, 3.05) is 0 Å². The molecule has 7 aromatic carbocycles. The summed E-state index contributed by atoms with van der Waals surface area (Å²) < 4.78 is 4.88. The lowest BCUT2D eigenvalue weighted by Crippen LogP contribution is -2.03. The average Bonchev–Trinajstić information content (AvgIpc) is 3.67. The zero-order valence-corrected chi connectivity index (χ0v) is 26.8. The van der Waals surface area contributed by atoms with E-state index in [1.807, 2.05) is 60.7 Å². The van der Waals surface area contributed by atoms with Crippen LogP contribution in [0.3, 0.4) is 0 Å². The fourth-order valence-electron chi connectivity index (χ4n) is 8.03. The van der Waals surface area contributed by atoms with Gasteiger partial charge in [-0.15, -0.1) is 0 Å². The normalized spacial score (nSPS) is 12.0. The summed E-state index contributed by atoms with van der Waals surface area (Å²) in [4.78, 5) is 15.2. The molecule has 50 heavy (non-hydrogen) atoms. The van der Waals surface area contributed by atoms with Crippen molar-refractivity contribution in [3.63, 3.8) is 0 Å². The molecule has 0 fully saturated rings. The summed E-state index contributed by atoms with van der Waals surface area (Å²) in [5, 5.41) is 7.50. The van der Waals surface area contributed by atoms with Gasteiger partial charge in [-0.3, -0.25) is 0 Å². The fraction of sp³-hybridized carbons (Fsp3) is 0. The predicted molar refractivity (Wildman–Crippen MR) is 205 cm³/mol. The van der Waals surface area contributed by atoms with Gasteiger partial charge in [0.15, 0.2) is 17.5 Å². The van der Waals surface area contributed by atoms with Crippen molar-refractivity contribution in [3.8, 4) is 39.9 Å². The second-order valence-corrected chi connectivity index (χ2v) is 12.8. The molecule has 11 rings (SSSR count). The van der Waals surface area contributed by atoms with Crippen LogP contribution in [0.2, 0.25) is 0 Å². The molecule has 11 aromatic rings. The lowest BCUT2D eigenvalue weighted by atomic mass is 10.0. The number of benzene rings is 7. The van der Waals surface area contributed by atoms with Crippen LogP contribution in [0.15, 0.2) is 164 Å². The van der Waals surface area contributed by atoms with Gasteiger partial charge < -0.3 is 8.97 Å². The molecule has 0 saturated heterocycles. The van der Waals surface area contributed by atoms with Crippen molar-refractivity contribution in [1.29, 1.82) is 0 Å². The van der Waals surface area contributed by atoms with Gasteiger partial charge in [0.05, 0.1) is 33.3 Å². The van der Waals surface area contributed by atoms with Crippen LogP contribution in [-0.4, -0.2) is 23.9 Å². The largest absolute Gasteiger partial charge is 0.308 e. The van der Waals surface area contributed by atoms with Crippen LogP contribution in [0.5, 0.6) is 0 Å². The molecule has 0 amide bonds. The van der Waals surface area contributed by atoms with Gasteiger partial charge >= 0.3 is 0 Å². The van der Waals surface area contributed by atoms with Crippen LogP contribution >= 0.6 is 0 Å². The minimum Gasteiger partial charge on any atom is -0.308 e. The number of nitrogens with zero attached hydrogens (tertiary/aromatic N) is 5.